The second-order valence-electron chi connectivity index (χ2n) is 13.5. The first-order chi connectivity index (χ1) is 21.8. The molecule has 11 heteroatoms. The van der Waals surface area contributed by atoms with Gasteiger partial charge in [0.2, 0.25) is 5.91 Å². The molecule has 0 saturated carbocycles. The Balaban J connectivity index is 1.10. The summed E-state index contributed by atoms with van der Waals surface area (Å²) in [5.41, 5.74) is 5.17. The van der Waals surface area contributed by atoms with Crippen LogP contribution in [0.1, 0.15) is 67.0 Å². The van der Waals surface area contributed by atoms with Gasteiger partial charge in [0.15, 0.2) is 0 Å². The average molecular weight is 701 g/mol. The highest BCUT2D eigenvalue weighted by molar-refractivity contribution is 9.10. The number of likely N-dealkylation sites (tertiary alicyclic amines) is 1. The molecule has 1 aliphatic carbocycles. The number of fused-ring (bicyclic) bond motifs is 2. The fraction of sp³-hybridized carbons (Fsp3) is 0.647. The zero-order valence-electron chi connectivity index (χ0n) is 26.8. The Labute approximate surface area is 282 Å². The zero-order chi connectivity index (χ0) is 31.5. The van der Waals surface area contributed by atoms with Crippen LogP contribution < -0.4 is 0 Å². The maximum absolute atomic E-state index is 13.6. The summed E-state index contributed by atoms with van der Waals surface area (Å²) >= 11 is 10.1. The number of methoxy groups -OCH3 is 1. The van der Waals surface area contributed by atoms with Crippen molar-refractivity contribution in [3.8, 4) is 0 Å². The molecule has 3 saturated heterocycles. The summed E-state index contributed by atoms with van der Waals surface area (Å²) in [7, 11) is 1.35. The largest absolute Gasteiger partial charge is 0.437 e. The molecular formula is C34H48BBrClN5O3. The van der Waals surface area contributed by atoms with E-state index in [4.69, 9.17) is 21.3 Å². The first kappa shape index (κ1) is 33.4. The molecule has 4 heterocycles. The van der Waals surface area contributed by atoms with Crippen LogP contribution in [0.4, 0.5) is 0 Å². The molecule has 244 valence electrons. The van der Waals surface area contributed by atoms with Crippen LogP contribution in [0.15, 0.2) is 34.9 Å². The number of pyridine rings is 1. The lowest BCUT2D eigenvalue weighted by molar-refractivity contribution is -0.138. The molecule has 4 aliphatic rings. The van der Waals surface area contributed by atoms with Gasteiger partial charge >= 0.3 is 7.05 Å². The van der Waals surface area contributed by atoms with Gasteiger partial charge in [0.25, 0.3) is 0 Å². The van der Waals surface area contributed by atoms with Gasteiger partial charge in [-0.3, -0.25) is 19.6 Å². The third kappa shape index (κ3) is 7.80. The summed E-state index contributed by atoms with van der Waals surface area (Å²) in [6.45, 7) is 8.92. The number of ether oxygens (including phenoxy) is 1. The van der Waals surface area contributed by atoms with E-state index in [-0.39, 0.29) is 12.1 Å². The molecule has 1 N–H and O–H groups in total. The highest BCUT2D eigenvalue weighted by Crippen LogP contribution is 2.39. The fourth-order valence-electron chi connectivity index (χ4n) is 8.23. The van der Waals surface area contributed by atoms with Crippen molar-refractivity contribution in [1.82, 2.24) is 24.5 Å². The van der Waals surface area contributed by atoms with Crippen molar-refractivity contribution >= 4 is 40.5 Å². The van der Waals surface area contributed by atoms with Gasteiger partial charge in [-0.2, -0.15) is 0 Å². The molecule has 1 unspecified atom stereocenters. The maximum Gasteiger partial charge on any atom is 0.376 e. The van der Waals surface area contributed by atoms with Gasteiger partial charge in [0, 0.05) is 80.6 Å². The number of amides is 1. The molecule has 3 fully saturated rings. The molecule has 0 radical (unpaired) electrons. The van der Waals surface area contributed by atoms with E-state index in [0.29, 0.717) is 30.9 Å². The molecule has 0 bridgehead atoms. The summed E-state index contributed by atoms with van der Waals surface area (Å²) in [4.78, 5) is 28.2. The smallest absolute Gasteiger partial charge is 0.376 e. The van der Waals surface area contributed by atoms with E-state index in [2.05, 4.69) is 53.6 Å². The third-order valence-electron chi connectivity index (χ3n) is 10.8. The van der Waals surface area contributed by atoms with Crippen LogP contribution in [0.25, 0.3) is 0 Å². The molecule has 2 aromatic rings. The number of aromatic nitrogens is 1. The SMILES string of the molecule is COCC[C@H]1CN(C2CCN(C3c4ccc(Cl)cc4CCc4cc(Br)cnc43)CC2)CCN1C(=O)CC1CCN(B(C)O)CC1. The predicted molar refractivity (Wildman–Crippen MR) is 184 cm³/mol. The van der Waals surface area contributed by atoms with Crippen LogP contribution in [0.5, 0.6) is 0 Å². The standard InChI is InChI=1S/C34H48BBrClN5O3/c1-35(44)41-14-7-24(8-15-41)19-32(43)42-17-16-40(23-30(42)11-18-45-2)29-9-12-39(13-10-29)34-31-6-5-28(37)21-25(31)3-4-26-20-27(36)22-38-33(26)34/h5-6,20-22,24,29-30,34,44H,3-4,7-19,23H2,1-2H3/t30-,34?/m0/s1. The third-order valence-corrected chi connectivity index (χ3v) is 11.5. The van der Waals surface area contributed by atoms with Crippen molar-refractivity contribution in [1.29, 1.82) is 0 Å². The topological polar surface area (TPSA) is 72.4 Å². The molecule has 8 nitrogen and oxygen atoms in total. The Kier molecular flexibility index (Phi) is 11.2. The molecule has 6 rings (SSSR count). The first-order valence-corrected chi connectivity index (χ1v) is 18.1. The van der Waals surface area contributed by atoms with Crippen LogP contribution in [0.3, 0.4) is 0 Å². The Morgan fingerprint density at radius 3 is 2.53 bits per heavy atom. The van der Waals surface area contributed by atoms with E-state index in [1.807, 2.05) is 19.1 Å². The van der Waals surface area contributed by atoms with Crippen LogP contribution in [0, 0.1) is 5.92 Å². The molecule has 1 amide bonds. The van der Waals surface area contributed by atoms with Crippen LogP contribution in [0.2, 0.25) is 11.8 Å². The highest BCUT2D eigenvalue weighted by Gasteiger charge is 2.38. The number of hydrogen-bond donors (Lipinski definition) is 1. The normalized spacial score (nSPS) is 24.2. The second-order valence-corrected chi connectivity index (χ2v) is 14.9. The number of piperidine rings is 2. The molecule has 1 aromatic carbocycles. The van der Waals surface area contributed by atoms with E-state index in [1.54, 1.807) is 7.11 Å². The van der Waals surface area contributed by atoms with Gasteiger partial charge in [-0.25, -0.2) is 0 Å². The Morgan fingerprint density at radius 1 is 1.04 bits per heavy atom. The average Bonchev–Trinajstić information content (AvgIpc) is 3.20. The number of hydrogen-bond acceptors (Lipinski definition) is 7. The number of piperazine rings is 1. The monoisotopic (exact) mass is 699 g/mol. The minimum absolute atomic E-state index is 0.139. The van der Waals surface area contributed by atoms with Crippen molar-refractivity contribution < 1.29 is 14.6 Å². The number of nitrogens with zero attached hydrogens (tertiary/aromatic N) is 5. The van der Waals surface area contributed by atoms with Crippen molar-refractivity contribution in [2.75, 3.05) is 59.5 Å². The highest BCUT2D eigenvalue weighted by atomic mass is 79.9. The van der Waals surface area contributed by atoms with Gasteiger partial charge < -0.3 is 19.5 Å². The Morgan fingerprint density at radius 2 is 1.80 bits per heavy atom. The fourth-order valence-corrected chi connectivity index (χ4v) is 8.80. The van der Waals surface area contributed by atoms with Gasteiger partial charge in [-0.15, -0.1) is 0 Å². The van der Waals surface area contributed by atoms with Crippen molar-refractivity contribution in [2.24, 2.45) is 5.92 Å². The summed E-state index contributed by atoms with van der Waals surface area (Å²) in [6, 6.07) is 9.49. The zero-order valence-corrected chi connectivity index (χ0v) is 29.2. The number of carbonyl (C=O) groups excluding carboxylic acids is 1. The Hall–Kier alpha value is -1.53. The minimum Gasteiger partial charge on any atom is -0.437 e. The van der Waals surface area contributed by atoms with E-state index in [0.717, 1.165) is 100 Å². The maximum atomic E-state index is 13.6. The Bertz CT molecular complexity index is 1270. The molecule has 0 spiro atoms. The number of benzene rings is 1. The summed E-state index contributed by atoms with van der Waals surface area (Å²) in [5.74, 6) is 0.704. The number of aryl methyl sites for hydroxylation is 2. The van der Waals surface area contributed by atoms with Crippen LogP contribution in [-0.4, -0.2) is 114 Å². The predicted octanol–water partition coefficient (Wildman–Crippen LogP) is 4.91. The van der Waals surface area contributed by atoms with E-state index in [9.17, 15) is 9.82 Å². The van der Waals surface area contributed by atoms with Gasteiger partial charge in [-0.1, -0.05) is 17.7 Å². The lowest BCUT2D eigenvalue weighted by Crippen LogP contribution is -2.59. The van der Waals surface area contributed by atoms with Crippen molar-refractivity contribution in [3.63, 3.8) is 0 Å². The summed E-state index contributed by atoms with van der Waals surface area (Å²) in [6.07, 6.45) is 9.56. The molecule has 1 aromatic heterocycles. The molecular weight excluding hydrogens is 653 g/mol. The number of halogens is 2. The van der Waals surface area contributed by atoms with Crippen molar-refractivity contribution in [2.45, 2.75) is 76.3 Å². The molecule has 3 aliphatic heterocycles. The summed E-state index contributed by atoms with van der Waals surface area (Å²) in [5, 5.41) is 10.7. The first-order valence-electron chi connectivity index (χ1n) is 16.9. The second kappa shape index (κ2) is 15.1. The van der Waals surface area contributed by atoms with E-state index >= 15 is 0 Å². The van der Waals surface area contributed by atoms with Crippen LogP contribution >= 0.6 is 27.5 Å². The van der Waals surface area contributed by atoms with Gasteiger partial charge in [-0.05, 0) is 122 Å². The lowest BCUT2D eigenvalue weighted by atomic mass is 9.80. The molecule has 2 atom stereocenters. The molecule has 45 heavy (non-hydrogen) atoms. The van der Waals surface area contributed by atoms with Gasteiger partial charge in [0.1, 0.15) is 0 Å². The van der Waals surface area contributed by atoms with E-state index < -0.39 is 7.05 Å². The quantitative estimate of drug-likeness (QED) is 0.393. The van der Waals surface area contributed by atoms with Gasteiger partial charge in [0.05, 0.1) is 11.7 Å². The number of carbonyl (C=O) groups is 1. The van der Waals surface area contributed by atoms with E-state index in [1.165, 1.54) is 22.4 Å². The minimum atomic E-state index is -0.406. The lowest BCUT2D eigenvalue weighted by Gasteiger charge is -2.47. The van der Waals surface area contributed by atoms with Crippen LogP contribution in [-0.2, 0) is 22.4 Å². The summed E-state index contributed by atoms with van der Waals surface area (Å²) < 4.78 is 6.52. The number of rotatable bonds is 8. The van der Waals surface area contributed by atoms with Crippen molar-refractivity contribution in [3.05, 3.63) is 62.3 Å².